The Morgan fingerprint density at radius 1 is 1.36 bits per heavy atom. The first-order valence-corrected chi connectivity index (χ1v) is 8.70. The Hall–Kier alpha value is -2.50. The van der Waals surface area contributed by atoms with Gasteiger partial charge < -0.3 is 19.2 Å². The minimum Gasteiger partial charge on any atom is -0.467 e. The van der Waals surface area contributed by atoms with Crippen molar-refractivity contribution >= 4 is 6.03 Å². The van der Waals surface area contributed by atoms with E-state index in [1.807, 2.05) is 30.0 Å². The molecule has 0 bridgehead atoms. The number of aromatic nitrogens is 1. The van der Waals surface area contributed by atoms with E-state index in [1.165, 1.54) is 0 Å². The first-order valence-electron chi connectivity index (χ1n) is 8.70. The van der Waals surface area contributed by atoms with Crippen LogP contribution in [0.15, 0.2) is 39.7 Å². The minimum atomic E-state index is -0.157. The predicted octanol–water partition coefficient (Wildman–Crippen LogP) is 2.97. The highest BCUT2D eigenvalue weighted by molar-refractivity contribution is 5.74. The van der Waals surface area contributed by atoms with Crippen LogP contribution in [0.3, 0.4) is 0 Å². The van der Waals surface area contributed by atoms with Crippen molar-refractivity contribution in [2.24, 2.45) is 13.0 Å². The lowest BCUT2D eigenvalue weighted by atomic mass is 9.91. The van der Waals surface area contributed by atoms with Gasteiger partial charge in [0.25, 0.3) is 5.56 Å². The van der Waals surface area contributed by atoms with E-state index >= 15 is 0 Å². The monoisotopic (exact) mass is 343 g/mol. The number of carbonyl (C=O) groups excluding carboxylic acids is 1. The van der Waals surface area contributed by atoms with Crippen molar-refractivity contribution in [3.05, 3.63) is 57.9 Å². The normalized spacial score (nSPS) is 20.5. The summed E-state index contributed by atoms with van der Waals surface area (Å²) in [6, 6.07) is 7.21. The van der Waals surface area contributed by atoms with Gasteiger partial charge in [0.2, 0.25) is 0 Å². The molecule has 1 saturated heterocycles. The third-order valence-corrected chi connectivity index (χ3v) is 5.06. The lowest BCUT2D eigenvalue weighted by Crippen LogP contribution is -2.46. The van der Waals surface area contributed by atoms with Crippen LogP contribution in [0, 0.1) is 12.8 Å². The predicted molar refractivity (Wildman–Crippen MR) is 95.2 cm³/mol. The molecule has 134 valence electrons. The van der Waals surface area contributed by atoms with E-state index in [4.69, 9.17) is 4.42 Å². The van der Waals surface area contributed by atoms with Gasteiger partial charge >= 0.3 is 6.03 Å². The molecule has 0 radical (unpaired) electrons. The van der Waals surface area contributed by atoms with Crippen LogP contribution in [-0.2, 0) is 13.6 Å². The second kappa shape index (κ2) is 7.17. The molecule has 1 N–H and O–H groups in total. The average Bonchev–Trinajstić information content (AvgIpc) is 3.13. The third kappa shape index (κ3) is 3.62. The van der Waals surface area contributed by atoms with Gasteiger partial charge in [-0.2, -0.15) is 0 Å². The quantitative estimate of drug-likeness (QED) is 0.932. The Labute approximate surface area is 147 Å². The summed E-state index contributed by atoms with van der Waals surface area (Å²) in [4.78, 5) is 26.8. The van der Waals surface area contributed by atoms with E-state index in [0.29, 0.717) is 18.0 Å². The minimum absolute atomic E-state index is 0.0559. The van der Waals surface area contributed by atoms with E-state index in [1.54, 1.807) is 23.9 Å². The first kappa shape index (κ1) is 17.3. The molecule has 0 aliphatic carbocycles. The molecule has 3 heterocycles. The zero-order chi connectivity index (χ0) is 18.0. The van der Waals surface area contributed by atoms with Gasteiger partial charge in [-0.3, -0.25) is 4.79 Å². The van der Waals surface area contributed by atoms with Crippen LogP contribution in [-0.4, -0.2) is 22.0 Å². The summed E-state index contributed by atoms with van der Waals surface area (Å²) in [7, 11) is 1.74. The van der Waals surface area contributed by atoms with Gasteiger partial charge in [0.15, 0.2) is 0 Å². The zero-order valence-electron chi connectivity index (χ0n) is 15.0. The molecule has 0 aromatic carbocycles. The number of aryl methyl sites for hydroxylation is 1. The summed E-state index contributed by atoms with van der Waals surface area (Å²) in [5.41, 5.74) is 1.40. The first-order chi connectivity index (χ1) is 12.0. The third-order valence-electron chi connectivity index (χ3n) is 5.06. The van der Waals surface area contributed by atoms with Gasteiger partial charge in [-0.1, -0.05) is 13.0 Å². The highest BCUT2D eigenvalue weighted by atomic mass is 16.3. The zero-order valence-corrected chi connectivity index (χ0v) is 15.0. The number of hydrogen-bond donors (Lipinski definition) is 1. The second-order valence-electron chi connectivity index (χ2n) is 6.88. The number of hydrogen-bond acceptors (Lipinski definition) is 3. The van der Waals surface area contributed by atoms with Gasteiger partial charge in [-0.15, -0.1) is 0 Å². The van der Waals surface area contributed by atoms with Gasteiger partial charge in [0.05, 0.1) is 12.3 Å². The summed E-state index contributed by atoms with van der Waals surface area (Å²) < 4.78 is 7.13. The number of pyridine rings is 1. The van der Waals surface area contributed by atoms with Gasteiger partial charge in [-0.25, -0.2) is 4.79 Å². The Morgan fingerprint density at radius 2 is 2.16 bits per heavy atom. The van der Waals surface area contributed by atoms with Crippen LogP contribution in [0.5, 0.6) is 0 Å². The van der Waals surface area contributed by atoms with Crippen LogP contribution in [0.2, 0.25) is 0 Å². The Morgan fingerprint density at radius 3 is 2.88 bits per heavy atom. The SMILES string of the molecule is Cc1ccc(CNC(=O)N2CC[C@H](C)C[C@H]2c2ccco2)c(=O)n1C. The maximum atomic E-state index is 12.7. The molecule has 2 aromatic rings. The molecule has 2 atom stereocenters. The Kier molecular flexibility index (Phi) is 4.97. The number of urea groups is 1. The number of rotatable bonds is 3. The summed E-state index contributed by atoms with van der Waals surface area (Å²) in [5.74, 6) is 1.36. The second-order valence-corrected chi connectivity index (χ2v) is 6.88. The van der Waals surface area contributed by atoms with Gasteiger partial charge in [0.1, 0.15) is 5.76 Å². The average molecular weight is 343 g/mol. The van der Waals surface area contributed by atoms with Crippen molar-refractivity contribution in [2.45, 2.75) is 39.3 Å². The number of likely N-dealkylation sites (tertiary alicyclic amines) is 1. The van der Waals surface area contributed by atoms with Crippen molar-refractivity contribution in [3.8, 4) is 0 Å². The maximum absolute atomic E-state index is 12.7. The molecule has 25 heavy (non-hydrogen) atoms. The summed E-state index contributed by atoms with van der Waals surface area (Å²) in [6.45, 7) is 4.99. The van der Waals surface area contributed by atoms with Crippen LogP contribution in [0.4, 0.5) is 4.79 Å². The largest absolute Gasteiger partial charge is 0.467 e. The molecule has 2 aromatic heterocycles. The van der Waals surface area contributed by atoms with Gasteiger partial charge in [-0.05, 0) is 43.9 Å². The summed E-state index contributed by atoms with van der Waals surface area (Å²) in [5, 5.41) is 2.89. The van der Waals surface area contributed by atoms with E-state index in [9.17, 15) is 9.59 Å². The van der Waals surface area contributed by atoms with Crippen LogP contribution < -0.4 is 10.9 Å². The molecule has 3 rings (SSSR count). The molecule has 1 aliphatic heterocycles. The molecular weight excluding hydrogens is 318 g/mol. The van der Waals surface area contributed by atoms with Crippen LogP contribution in [0.1, 0.15) is 42.8 Å². The van der Waals surface area contributed by atoms with Gasteiger partial charge in [0, 0.05) is 31.4 Å². The molecule has 1 fully saturated rings. The number of carbonyl (C=O) groups is 1. The summed E-state index contributed by atoms with van der Waals surface area (Å²) in [6.07, 6.45) is 3.49. The van der Waals surface area contributed by atoms with Crippen molar-refractivity contribution in [3.63, 3.8) is 0 Å². The summed E-state index contributed by atoms with van der Waals surface area (Å²) >= 11 is 0. The fraction of sp³-hybridized carbons (Fsp3) is 0.474. The smallest absolute Gasteiger partial charge is 0.318 e. The van der Waals surface area contributed by atoms with E-state index in [2.05, 4.69) is 12.2 Å². The Balaban J connectivity index is 1.71. The standard InChI is InChI=1S/C19H25N3O3/c1-13-8-9-22(16(11-13)17-5-4-10-25-17)19(24)20-12-15-7-6-14(2)21(3)18(15)23/h4-7,10,13,16H,8-9,11-12H2,1-3H3,(H,20,24)/t13-,16-/m0/s1. The molecular formula is C19H25N3O3. The molecule has 6 nitrogen and oxygen atoms in total. The molecule has 0 saturated carbocycles. The van der Waals surface area contributed by atoms with Crippen molar-refractivity contribution < 1.29 is 9.21 Å². The highest BCUT2D eigenvalue weighted by Crippen LogP contribution is 2.34. The number of furan rings is 1. The fourth-order valence-electron chi connectivity index (χ4n) is 3.32. The lowest BCUT2D eigenvalue weighted by Gasteiger charge is -2.37. The number of nitrogens with zero attached hydrogens (tertiary/aromatic N) is 2. The number of piperidine rings is 1. The topological polar surface area (TPSA) is 67.5 Å². The van der Waals surface area contributed by atoms with Crippen molar-refractivity contribution in [1.29, 1.82) is 0 Å². The molecule has 2 amide bonds. The highest BCUT2D eigenvalue weighted by Gasteiger charge is 2.32. The van der Waals surface area contributed by atoms with E-state index in [0.717, 1.165) is 24.3 Å². The number of nitrogens with one attached hydrogen (secondary N) is 1. The lowest BCUT2D eigenvalue weighted by molar-refractivity contribution is 0.119. The molecule has 6 heteroatoms. The van der Waals surface area contributed by atoms with E-state index in [-0.39, 0.29) is 24.2 Å². The van der Waals surface area contributed by atoms with Crippen LogP contribution >= 0.6 is 0 Å². The van der Waals surface area contributed by atoms with Crippen molar-refractivity contribution in [1.82, 2.24) is 14.8 Å². The van der Waals surface area contributed by atoms with Crippen LogP contribution in [0.25, 0.3) is 0 Å². The maximum Gasteiger partial charge on any atom is 0.318 e. The molecule has 1 aliphatic rings. The Bertz CT molecular complexity index is 795. The molecule has 0 spiro atoms. The number of amides is 2. The van der Waals surface area contributed by atoms with E-state index < -0.39 is 0 Å². The fourth-order valence-corrected chi connectivity index (χ4v) is 3.32. The molecule has 0 unspecified atom stereocenters. The van der Waals surface area contributed by atoms with Crippen molar-refractivity contribution in [2.75, 3.05) is 6.54 Å².